The molecule has 0 radical (unpaired) electrons. The number of nitrogens with one attached hydrogen (secondary N) is 1. The summed E-state index contributed by atoms with van der Waals surface area (Å²) in [6, 6.07) is 9.83. The van der Waals surface area contributed by atoms with Gasteiger partial charge in [0.25, 0.3) is 5.91 Å². The van der Waals surface area contributed by atoms with Gasteiger partial charge in [-0.15, -0.1) is 0 Å². The summed E-state index contributed by atoms with van der Waals surface area (Å²) in [6.07, 6.45) is 3.47. The minimum Gasteiger partial charge on any atom is -0.349 e. The molecule has 1 fully saturated rings. The van der Waals surface area contributed by atoms with Crippen molar-refractivity contribution in [2.75, 3.05) is 0 Å². The minimum atomic E-state index is -0.0366. The average molecular weight is 241 g/mol. The van der Waals surface area contributed by atoms with Crippen LogP contribution in [-0.4, -0.2) is 23.0 Å². The molecule has 0 saturated heterocycles. The van der Waals surface area contributed by atoms with E-state index in [1.165, 1.54) is 0 Å². The van der Waals surface area contributed by atoms with Gasteiger partial charge < -0.3 is 11.1 Å². The van der Waals surface area contributed by atoms with Crippen molar-refractivity contribution in [1.82, 2.24) is 10.3 Å². The first-order chi connectivity index (χ1) is 8.74. The van der Waals surface area contributed by atoms with Crippen LogP contribution in [0.25, 0.3) is 10.9 Å². The fraction of sp³-hybridized carbons (Fsp3) is 0.286. The maximum absolute atomic E-state index is 12.2. The molecule has 0 aliphatic heterocycles. The summed E-state index contributed by atoms with van der Waals surface area (Å²) in [7, 11) is 0. The van der Waals surface area contributed by atoms with Gasteiger partial charge in [-0.1, -0.05) is 12.1 Å². The molecule has 92 valence electrons. The third kappa shape index (κ3) is 1.95. The van der Waals surface area contributed by atoms with Crippen molar-refractivity contribution in [3.63, 3.8) is 0 Å². The first kappa shape index (κ1) is 11.2. The molecule has 3 N–H and O–H groups in total. The zero-order valence-corrected chi connectivity index (χ0v) is 9.97. The Kier molecular flexibility index (Phi) is 2.72. The first-order valence-corrected chi connectivity index (χ1v) is 6.14. The fourth-order valence-corrected chi connectivity index (χ4v) is 2.34. The topological polar surface area (TPSA) is 68.0 Å². The summed E-state index contributed by atoms with van der Waals surface area (Å²) in [4.78, 5) is 16.4. The second-order valence-electron chi connectivity index (χ2n) is 4.78. The molecule has 1 aliphatic rings. The van der Waals surface area contributed by atoms with Crippen molar-refractivity contribution in [1.29, 1.82) is 0 Å². The Balaban J connectivity index is 1.87. The number of amides is 1. The van der Waals surface area contributed by atoms with Crippen LogP contribution in [0, 0.1) is 0 Å². The van der Waals surface area contributed by atoms with Gasteiger partial charge in [0.1, 0.15) is 0 Å². The number of rotatable bonds is 2. The van der Waals surface area contributed by atoms with Crippen LogP contribution in [0.2, 0.25) is 0 Å². The van der Waals surface area contributed by atoms with Crippen molar-refractivity contribution in [3.05, 3.63) is 42.1 Å². The third-order valence-corrected chi connectivity index (χ3v) is 3.40. The number of fused-ring (bicyclic) bond motifs is 1. The molecular weight excluding hydrogens is 226 g/mol. The summed E-state index contributed by atoms with van der Waals surface area (Å²) in [6.45, 7) is 0. The maximum Gasteiger partial charge on any atom is 0.252 e. The Morgan fingerprint density at radius 3 is 2.89 bits per heavy atom. The Hall–Kier alpha value is -1.94. The Morgan fingerprint density at radius 1 is 1.28 bits per heavy atom. The molecule has 18 heavy (non-hydrogen) atoms. The van der Waals surface area contributed by atoms with Crippen LogP contribution in [0.1, 0.15) is 23.2 Å². The Labute approximate surface area is 105 Å². The number of benzene rings is 1. The lowest BCUT2D eigenvalue weighted by Crippen LogP contribution is -2.50. The summed E-state index contributed by atoms with van der Waals surface area (Å²) in [5, 5.41) is 3.90. The van der Waals surface area contributed by atoms with Crippen LogP contribution in [0.3, 0.4) is 0 Å². The van der Waals surface area contributed by atoms with Gasteiger partial charge in [0.05, 0.1) is 5.52 Å². The monoisotopic (exact) mass is 241 g/mol. The van der Waals surface area contributed by atoms with E-state index in [0.717, 1.165) is 23.7 Å². The van der Waals surface area contributed by atoms with Crippen LogP contribution in [-0.2, 0) is 0 Å². The summed E-state index contributed by atoms with van der Waals surface area (Å²) >= 11 is 0. The molecule has 1 aromatic heterocycles. The molecule has 1 aliphatic carbocycles. The molecule has 0 atom stereocenters. The highest BCUT2D eigenvalue weighted by Gasteiger charge is 2.27. The van der Waals surface area contributed by atoms with E-state index >= 15 is 0 Å². The maximum atomic E-state index is 12.2. The van der Waals surface area contributed by atoms with E-state index in [1.807, 2.05) is 30.3 Å². The minimum absolute atomic E-state index is 0.0366. The average Bonchev–Trinajstić information content (AvgIpc) is 2.36. The number of aromatic nitrogens is 1. The molecule has 0 bridgehead atoms. The summed E-state index contributed by atoms with van der Waals surface area (Å²) < 4.78 is 0. The lowest BCUT2D eigenvalue weighted by atomic mass is 9.87. The van der Waals surface area contributed by atoms with Crippen LogP contribution in [0.15, 0.2) is 36.5 Å². The van der Waals surface area contributed by atoms with Crippen molar-refractivity contribution < 1.29 is 4.79 Å². The van der Waals surface area contributed by atoms with Crippen LogP contribution >= 0.6 is 0 Å². The van der Waals surface area contributed by atoms with E-state index in [-0.39, 0.29) is 18.0 Å². The van der Waals surface area contributed by atoms with E-state index in [1.54, 1.807) is 6.20 Å². The van der Waals surface area contributed by atoms with E-state index in [9.17, 15) is 4.79 Å². The first-order valence-electron chi connectivity index (χ1n) is 6.14. The number of hydrogen-bond acceptors (Lipinski definition) is 3. The van der Waals surface area contributed by atoms with Gasteiger partial charge in [0.2, 0.25) is 0 Å². The summed E-state index contributed by atoms with van der Waals surface area (Å²) in [5.74, 6) is -0.0366. The highest BCUT2D eigenvalue weighted by Crippen LogP contribution is 2.20. The van der Waals surface area contributed by atoms with E-state index in [4.69, 9.17) is 5.73 Å². The highest BCUT2D eigenvalue weighted by molar-refractivity contribution is 6.06. The van der Waals surface area contributed by atoms with Crippen molar-refractivity contribution in [2.45, 2.75) is 24.9 Å². The van der Waals surface area contributed by atoms with Gasteiger partial charge in [0, 0.05) is 29.2 Å². The van der Waals surface area contributed by atoms with Gasteiger partial charge in [-0.25, -0.2) is 0 Å². The molecule has 1 saturated carbocycles. The van der Waals surface area contributed by atoms with Crippen LogP contribution in [0.4, 0.5) is 0 Å². The third-order valence-electron chi connectivity index (χ3n) is 3.40. The smallest absolute Gasteiger partial charge is 0.252 e. The fourth-order valence-electron chi connectivity index (χ4n) is 2.34. The highest BCUT2D eigenvalue weighted by atomic mass is 16.1. The molecule has 0 spiro atoms. The molecule has 1 heterocycles. The molecule has 1 amide bonds. The van der Waals surface area contributed by atoms with Gasteiger partial charge in [-0.05, 0) is 31.0 Å². The lowest BCUT2D eigenvalue weighted by molar-refractivity contribution is 0.0912. The molecule has 1 aromatic carbocycles. The normalized spacial score (nSPS) is 22.5. The number of hydrogen-bond donors (Lipinski definition) is 2. The Morgan fingerprint density at radius 2 is 2.11 bits per heavy atom. The molecule has 4 nitrogen and oxygen atoms in total. The van der Waals surface area contributed by atoms with Crippen LogP contribution < -0.4 is 11.1 Å². The summed E-state index contributed by atoms with van der Waals surface area (Å²) in [5.41, 5.74) is 7.24. The van der Waals surface area contributed by atoms with Gasteiger partial charge in [-0.2, -0.15) is 0 Å². The molecule has 3 rings (SSSR count). The van der Waals surface area contributed by atoms with E-state index in [0.29, 0.717) is 5.56 Å². The van der Waals surface area contributed by atoms with Crippen molar-refractivity contribution >= 4 is 16.8 Å². The second-order valence-corrected chi connectivity index (χ2v) is 4.78. The predicted octanol–water partition coefficient (Wildman–Crippen LogP) is 1.45. The van der Waals surface area contributed by atoms with Gasteiger partial charge in [-0.3, -0.25) is 9.78 Å². The number of pyridine rings is 1. The molecule has 2 aromatic rings. The molecule has 4 heteroatoms. The Bertz CT molecular complexity index is 585. The standard InChI is InChI=1S/C14H15N3O/c15-9-7-10(8-9)17-14(18)12-3-1-5-13-11(12)4-2-6-16-13/h1-6,9-10H,7-8,15H2,(H,17,18). The SMILES string of the molecule is NC1CC(NC(=O)c2cccc3ncccc23)C1. The van der Waals surface area contributed by atoms with E-state index < -0.39 is 0 Å². The lowest BCUT2D eigenvalue weighted by Gasteiger charge is -2.33. The van der Waals surface area contributed by atoms with Crippen molar-refractivity contribution in [2.24, 2.45) is 5.73 Å². The number of nitrogens with two attached hydrogens (primary N) is 1. The predicted molar refractivity (Wildman–Crippen MR) is 70.2 cm³/mol. The largest absolute Gasteiger partial charge is 0.349 e. The van der Waals surface area contributed by atoms with Crippen LogP contribution in [0.5, 0.6) is 0 Å². The zero-order valence-electron chi connectivity index (χ0n) is 9.97. The van der Waals surface area contributed by atoms with Gasteiger partial charge >= 0.3 is 0 Å². The zero-order chi connectivity index (χ0) is 12.5. The number of carbonyl (C=O) groups excluding carboxylic acids is 1. The number of nitrogens with zero attached hydrogens (tertiary/aromatic N) is 1. The molecular formula is C14H15N3O. The van der Waals surface area contributed by atoms with E-state index in [2.05, 4.69) is 10.3 Å². The molecule has 0 unspecified atom stereocenters. The quantitative estimate of drug-likeness (QED) is 0.836. The number of carbonyl (C=O) groups is 1. The second kappa shape index (κ2) is 4.38. The van der Waals surface area contributed by atoms with Crippen molar-refractivity contribution in [3.8, 4) is 0 Å². The van der Waals surface area contributed by atoms with Gasteiger partial charge in [0.15, 0.2) is 0 Å².